The number of nitrogens with one attached hydrogen (secondary N) is 3. The number of carbonyl (C=O) groups excluding carboxylic acids is 1. The van der Waals surface area contributed by atoms with Gasteiger partial charge in [-0.15, -0.1) is 0 Å². The highest BCUT2D eigenvalue weighted by Gasteiger charge is 2.15. The van der Waals surface area contributed by atoms with Gasteiger partial charge < -0.3 is 15.4 Å². The lowest BCUT2D eigenvalue weighted by Crippen LogP contribution is -2.33. The quantitative estimate of drug-likeness (QED) is 0.677. The minimum absolute atomic E-state index is 0.0596. The number of rotatable bonds is 6. The molecule has 0 aliphatic carbocycles. The van der Waals surface area contributed by atoms with Gasteiger partial charge in [0.2, 0.25) is 0 Å². The highest BCUT2D eigenvalue weighted by atomic mass is 16.5. The minimum Gasteiger partial charge on any atom is -0.378 e. The molecule has 2 rings (SSSR count). The number of nitrogens with zero attached hydrogens (tertiary/aromatic N) is 1. The van der Waals surface area contributed by atoms with Crippen LogP contribution in [0.4, 0.5) is 0 Å². The Morgan fingerprint density at radius 1 is 1.40 bits per heavy atom. The fourth-order valence-corrected chi connectivity index (χ4v) is 2.46. The normalized spacial score (nSPS) is 16.3. The van der Waals surface area contributed by atoms with Crippen molar-refractivity contribution in [1.82, 2.24) is 20.8 Å². The van der Waals surface area contributed by atoms with E-state index < -0.39 is 0 Å². The average Bonchev–Trinajstić information content (AvgIpc) is 2.79. The lowest BCUT2D eigenvalue weighted by molar-refractivity contribution is 0.0318. The van der Waals surface area contributed by atoms with Crippen molar-refractivity contribution < 1.29 is 9.53 Å². The van der Waals surface area contributed by atoms with Crippen molar-refractivity contribution in [2.45, 2.75) is 39.2 Å². The molecular weight excluding hydrogens is 256 g/mol. The zero-order chi connectivity index (χ0) is 14.4. The van der Waals surface area contributed by atoms with Crippen LogP contribution in [-0.4, -0.2) is 48.4 Å². The molecule has 20 heavy (non-hydrogen) atoms. The molecule has 0 radical (unpaired) electrons. The molecule has 0 atom stereocenters. The van der Waals surface area contributed by atoms with Gasteiger partial charge in [-0.3, -0.25) is 9.89 Å². The van der Waals surface area contributed by atoms with E-state index in [1.165, 1.54) is 0 Å². The van der Waals surface area contributed by atoms with Crippen LogP contribution in [0.3, 0.4) is 0 Å². The number of carbonyl (C=O) groups is 1. The molecule has 2 heterocycles. The summed E-state index contributed by atoms with van der Waals surface area (Å²) in [5.74, 6) is -0.0596. The Morgan fingerprint density at radius 3 is 2.80 bits per heavy atom. The average molecular weight is 280 g/mol. The van der Waals surface area contributed by atoms with Gasteiger partial charge in [-0.05, 0) is 46.2 Å². The Balaban J connectivity index is 1.62. The molecular formula is C14H24N4O2. The van der Waals surface area contributed by atoms with E-state index in [1.54, 1.807) is 0 Å². The maximum absolute atomic E-state index is 12.0. The Morgan fingerprint density at radius 2 is 2.15 bits per heavy atom. The molecule has 0 aromatic carbocycles. The van der Waals surface area contributed by atoms with Crippen LogP contribution in [0.15, 0.2) is 0 Å². The van der Waals surface area contributed by atoms with Gasteiger partial charge in [-0.25, -0.2) is 0 Å². The summed E-state index contributed by atoms with van der Waals surface area (Å²) in [5.41, 5.74) is 2.21. The van der Waals surface area contributed by atoms with Gasteiger partial charge in [-0.2, -0.15) is 5.10 Å². The van der Waals surface area contributed by atoms with Gasteiger partial charge in [0.1, 0.15) is 0 Å². The summed E-state index contributed by atoms with van der Waals surface area (Å²) in [4.78, 5) is 12.0. The van der Waals surface area contributed by atoms with Gasteiger partial charge in [0, 0.05) is 18.8 Å². The van der Waals surface area contributed by atoms with Crippen molar-refractivity contribution >= 4 is 5.91 Å². The second kappa shape index (κ2) is 7.40. The number of hydrogen-bond acceptors (Lipinski definition) is 4. The van der Waals surface area contributed by atoms with Crippen LogP contribution < -0.4 is 10.6 Å². The second-order valence-corrected chi connectivity index (χ2v) is 5.24. The van der Waals surface area contributed by atoms with Crippen LogP contribution in [0.2, 0.25) is 0 Å². The first-order chi connectivity index (χ1) is 9.68. The highest BCUT2D eigenvalue weighted by Crippen LogP contribution is 2.09. The summed E-state index contributed by atoms with van der Waals surface area (Å²) in [5, 5.41) is 13.1. The van der Waals surface area contributed by atoms with Gasteiger partial charge >= 0.3 is 0 Å². The molecule has 3 N–H and O–H groups in total. The number of aromatic nitrogens is 2. The molecule has 1 aliphatic heterocycles. The molecule has 0 bridgehead atoms. The van der Waals surface area contributed by atoms with E-state index in [0.717, 1.165) is 43.7 Å². The van der Waals surface area contributed by atoms with E-state index in [1.807, 2.05) is 13.8 Å². The molecule has 1 aromatic rings. The Bertz CT molecular complexity index is 419. The van der Waals surface area contributed by atoms with Crippen LogP contribution >= 0.6 is 0 Å². The topological polar surface area (TPSA) is 79.0 Å². The predicted octanol–water partition coefficient (Wildman–Crippen LogP) is 0.915. The third kappa shape index (κ3) is 4.05. The van der Waals surface area contributed by atoms with Crippen molar-refractivity contribution in [3.63, 3.8) is 0 Å². The molecule has 1 fully saturated rings. The summed E-state index contributed by atoms with van der Waals surface area (Å²) in [6, 6.07) is 0. The number of H-pyrrole nitrogens is 1. The summed E-state index contributed by atoms with van der Waals surface area (Å²) >= 11 is 0. The van der Waals surface area contributed by atoms with Crippen LogP contribution in [0, 0.1) is 13.8 Å². The van der Waals surface area contributed by atoms with E-state index in [-0.39, 0.29) is 5.91 Å². The smallest absolute Gasteiger partial charge is 0.255 e. The molecule has 0 spiro atoms. The van der Waals surface area contributed by atoms with Crippen LogP contribution in [0.1, 0.15) is 41.0 Å². The monoisotopic (exact) mass is 280 g/mol. The fourth-order valence-electron chi connectivity index (χ4n) is 2.46. The minimum atomic E-state index is -0.0596. The summed E-state index contributed by atoms with van der Waals surface area (Å²) in [6.07, 6.45) is 3.39. The maximum Gasteiger partial charge on any atom is 0.255 e. The predicted molar refractivity (Wildman–Crippen MR) is 76.9 cm³/mol. The summed E-state index contributed by atoms with van der Waals surface area (Å²) < 4.78 is 5.79. The lowest BCUT2D eigenvalue weighted by atomic mass is 10.1. The van der Waals surface area contributed by atoms with Gasteiger partial charge in [-0.1, -0.05) is 0 Å². The van der Waals surface area contributed by atoms with Crippen LogP contribution in [0.25, 0.3) is 0 Å². The third-order valence-electron chi connectivity index (χ3n) is 3.60. The van der Waals surface area contributed by atoms with Gasteiger partial charge in [0.25, 0.3) is 5.91 Å². The van der Waals surface area contributed by atoms with E-state index >= 15 is 0 Å². The van der Waals surface area contributed by atoms with Crippen molar-refractivity contribution in [3.8, 4) is 0 Å². The van der Waals surface area contributed by atoms with Crippen LogP contribution in [0.5, 0.6) is 0 Å². The molecule has 1 saturated heterocycles. The first-order valence-electron chi connectivity index (χ1n) is 7.30. The maximum atomic E-state index is 12.0. The first kappa shape index (κ1) is 15.0. The second-order valence-electron chi connectivity index (χ2n) is 5.24. The van der Waals surface area contributed by atoms with Gasteiger partial charge in [0.05, 0.1) is 17.4 Å². The molecule has 112 valence electrons. The largest absolute Gasteiger partial charge is 0.378 e. The third-order valence-corrected chi connectivity index (χ3v) is 3.60. The molecule has 6 nitrogen and oxygen atoms in total. The SMILES string of the molecule is Cc1n[nH]c(C)c1C(=O)NCCCOC1CCNCC1. The van der Waals surface area contributed by atoms with E-state index in [4.69, 9.17) is 4.74 Å². The Labute approximate surface area is 119 Å². The van der Waals surface area contributed by atoms with Crippen LogP contribution in [-0.2, 0) is 4.74 Å². The Kier molecular flexibility index (Phi) is 5.55. The summed E-state index contributed by atoms with van der Waals surface area (Å²) in [7, 11) is 0. The number of aryl methyl sites for hydroxylation is 2. The number of hydrogen-bond donors (Lipinski definition) is 3. The molecule has 0 unspecified atom stereocenters. The van der Waals surface area contributed by atoms with Gasteiger partial charge in [0.15, 0.2) is 0 Å². The highest BCUT2D eigenvalue weighted by molar-refractivity contribution is 5.96. The lowest BCUT2D eigenvalue weighted by Gasteiger charge is -2.22. The van der Waals surface area contributed by atoms with Crippen molar-refractivity contribution in [1.29, 1.82) is 0 Å². The van der Waals surface area contributed by atoms with E-state index in [0.29, 0.717) is 24.8 Å². The number of ether oxygens (including phenoxy) is 1. The zero-order valence-corrected chi connectivity index (χ0v) is 12.3. The molecule has 6 heteroatoms. The number of aromatic amines is 1. The summed E-state index contributed by atoms with van der Waals surface area (Å²) in [6.45, 7) is 7.11. The first-order valence-corrected chi connectivity index (χ1v) is 7.30. The molecule has 1 aromatic heterocycles. The van der Waals surface area contributed by atoms with Crippen molar-refractivity contribution in [2.24, 2.45) is 0 Å². The van der Waals surface area contributed by atoms with E-state index in [2.05, 4.69) is 20.8 Å². The molecule has 1 amide bonds. The zero-order valence-electron chi connectivity index (χ0n) is 12.3. The molecule has 0 saturated carbocycles. The Hall–Kier alpha value is -1.40. The van der Waals surface area contributed by atoms with Crippen molar-refractivity contribution in [3.05, 3.63) is 17.0 Å². The fraction of sp³-hybridized carbons (Fsp3) is 0.714. The standard InChI is InChI=1S/C14H24N4O2/c1-10-13(11(2)18-17-10)14(19)16-6-3-9-20-12-4-7-15-8-5-12/h12,15H,3-9H2,1-2H3,(H,16,19)(H,17,18). The number of piperidine rings is 1. The number of amides is 1. The molecule has 1 aliphatic rings. The van der Waals surface area contributed by atoms with E-state index in [9.17, 15) is 4.79 Å². The van der Waals surface area contributed by atoms with Crippen molar-refractivity contribution in [2.75, 3.05) is 26.2 Å².